The molecule has 100 valence electrons. The predicted molar refractivity (Wildman–Crippen MR) is 74.3 cm³/mol. The fourth-order valence-corrected chi connectivity index (χ4v) is 1.89. The van der Waals surface area contributed by atoms with Crippen molar-refractivity contribution in [3.63, 3.8) is 0 Å². The van der Waals surface area contributed by atoms with Gasteiger partial charge in [-0.1, -0.05) is 20.8 Å². The van der Waals surface area contributed by atoms with Crippen molar-refractivity contribution < 1.29 is 4.79 Å². The SMILES string of the molecule is Cc1ccncc1NC(=O)CC(N)CC(C)(C)C. The first kappa shape index (κ1) is 14.6. The molecule has 0 fully saturated rings. The molecule has 18 heavy (non-hydrogen) atoms. The van der Waals surface area contributed by atoms with Gasteiger partial charge in [-0.15, -0.1) is 0 Å². The van der Waals surface area contributed by atoms with Gasteiger partial charge in [0.1, 0.15) is 0 Å². The Morgan fingerprint density at radius 1 is 1.50 bits per heavy atom. The number of nitrogens with one attached hydrogen (secondary N) is 1. The van der Waals surface area contributed by atoms with Gasteiger partial charge < -0.3 is 11.1 Å². The number of anilines is 1. The molecule has 0 aliphatic carbocycles. The zero-order valence-electron chi connectivity index (χ0n) is 11.7. The fraction of sp³-hybridized carbons (Fsp3) is 0.571. The lowest BCUT2D eigenvalue weighted by Crippen LogP contribution is -2.31. The van der Waals surface area contributed by atoms with Gasteiger partial charge in [0.05, 0.1) is 11.9 Å². The van der Waals surface area contributed by atoms with Crippen molar-refractivity contribution in [2.75, 3.05) is 5.32 Å². The second-order valence-corrected chi connectivity index (χ2v) is 5.97. The van der Waals surface area contributed by atoms with Crippen LogP contribution in [0.15, 0.2) is 18.5 Å². The van der Waals surface area contributed by atoms with Crippen LogP contribution in [0.3, 0.4) is 0 Å². The number of carbonyl (C=O) groups is 1. The Morgan fingerprint density at radius 3 is 2.72 bits per heavy atom. The first-order chi connectivity index (χ1) is 8.28. The number of carbonyl (C=O) groups excluding carboxylic acids is 1. The molecule has 1 rings (SSSR count). The average Bonchev–Trinajstić information content (AvgIpc) is 2.18. The predicted octanol–water partition coefficient (Wildman–Crippen LogP) is 2.48. The van der Waals surface area contributed by atoms with Crippen LogP contribution in [0.1, 0.15) is 39.2 Å². The summed E-state index contributed by atoms with van der Waals surface area (Å²) in [6.07, 6.45) is 4.52. The molecule has 0 bridgehead atoms. The summed E-state index contributed by atoms with van der Waals surface area (Å²) < 4.78 is 0. The zero-order valence-corrected chi connectivity index (χ0v) is 11.7. The van der Waals surface area contributed by atoms with E-state index >= 15 is 0 Å². The maximum absolute atomic E-state index is 11.8. The number of hydrogen-bond acceptors (Lipinski definition) is 3. The summed E-state index contributed by atoms with van der Waals surface area (Å²) in [6.45, 7) is 8.30. The van der Waals surface area contributed by atoms with Gasteiger partial charge in [-0.25, -0.2) is 0 Å². The summed E-state index contributed by atoms with van der Waals surface area (Å²) in [6, 6.07) is 1.76. The summed E-state index contributed by atoms with van der Waals surface area (Å²) in [4.78, 5) is 15.8. The van der Waals surface area contributed by atoms with Crippen molar-refractivity contribution in [3.05, 3.63) is 24.0 Å². The Kier molecular flexibility index (Phi) is 4.84. The first-order valence-electron chi connectivity index (χ1n) is 6.24. The number of hydrogen-bond donors (Lipinski definition) is 2. The van der Waals surface area contributed by atoms with Gasteiger partial charge in [0.15, 0.2) is 0 Å². The molecule has 0 saturated carbocycles. The van der Waals surface area contributed by atoms with E-state index < -0.39 is 0 Å². The molecule has 1 unspecified atom stereocenters. The first-order valence-corrected chi connectivity index (χ1v) is 6.24. The summed E-state index contributed by atoms with van der Waals surface area (Å²) in [5.74, 6) is -0.0529. The monoisotopic (exact) mass is 249 g/mol. The third-order valence-electron chi connectivity index (χ3n) is 2.64. The summed E-state index contributed by atoms with van der Waals surface area (Å²) in [5, 5.41) is 2.85. The van der Waals surface area contributed by atoms with E-state index in [1.165, 1.54) is 0 Å². The van der Waals surface area contributed by atoms with Crippen LogP contribution >= 0.6 is 0 Å². The summed E-state index contributed by atoms with van der Waals surface area (Å²) >= 11 is 0. The van der Waals surface area contributed by atoms with Crippen LogP contribution in [-0.4, -0.2) is 16.9 Å². The van der Waals surface area contributed by atoms with Crippen molar-refractivity contribution >= 4 is 11.6 Å². The van der Waals surface area contributed by atoms with E-state index in [0.717, 1.165) is 17.7 Å². The average molecular weight is 249 g/mol. The highest BCUT2D eigenvalue weighted by atomic mass is 16.1. The van der Waals surface area contributed by atoms with E-state index in [-0.39, 0.29) is 17.4 Å². The zero-order chi connectivity index (χ0) is 13.8. The van der Waals surface area contributed by atoms with Gasteiger partial charge in [0, 0.05) is 18.7 Å². The van der Waals surface area contributed by atoms with Crippen LogP contribution in [0.25, 0.3) is 0 Å². The molecule has 0 radical (unpaired) electrons. The second-order valence-electron chi connectivity index (χ2n) is 5.97. The van der Waals surface area contributed by atoms with Crippen molar-refractivity contribution in [1.82, 2.24) is 4.98 Å². The van der Waals surface area contributed by atoms with E-state index in [2.05, 4.69) is 31.1 Å². The molecule has 1 heterocycles. The van der Waals surface area contributed by atoms with Crippen molar-refractivity contribution in [1.29, 1.82) is 0 Å². The van der Waals surface area contributed by atoms with Crippen LogP contribution in [0.5, 0.6) is 0 Å². The smallest absolute Gasteiger partial charge is 0.225 e. The highest BCUT2D eigenvalue weighted by Gasteiger charge is 2.18. The van der Waals surface area contributed by atoms with E-state index in [0.29, 0.717) is 6.42 Å². The molecule has 0 saturated heterocycles. The Hall–Kier alpha value is -1.42. The Labute approximate surface area is 109 Å². The molecular formula is C14H23N3O. The Balaban J connectivity index is 2.50. The van der Waals surface area contributed by atoms with Crippen molar-refractivity contribution in [2.45, 2.75) is 46.6 Å². The molecule has 1 aromatic heterocycles. The van der Waals surface area contributed by atoms with E-state index in [1.807, 2.05) is 13.0 Å². The van der Waals surface area contributed by atoms with Gasteiger partial charge >= 0.3 is 0 Å². The normalized spacial score (nSPS) is 13.2. The van der Waals surface area contributed by atoms with Gasteiger partial charge in [-0.2, -0.15) is 0 Å². The molecule has 1 amide bonds. The second kappa shape index (κ2) is 5.96. The number of rotatable bonds is 4. The molecule has 4 heteroatoms. The van der Waals surface area contributed by atoms with Crippen LogP contribution in [0.4, 0.5) is 5.69 Å². The topological polar surface area (TPSA) is 68.0 Å². The molecular weight excluding hydrogens is 226 g/mol. The number of aryl methyl sites for hydroxylation is 1. The van der Waals surface area contributed by atoms with Gasteiger partial charge in [-0.05, 0) is 30.4 Å². The largest absolute Gasteiger partial charge is 0.327 e. The van der Waals surface area contributed by atoms with Crippen LogP contribution in [-0.2, 0) is 4.79 Å². The molecule has 4 nitrogen and oxygen atoms in total. The van der Waals surface area contributed by atoms with E-state index in [1.54, 1.807) is 12.4 Å². The lowest BCUT2D eigenvalue weighted by Gasteiger charge is -2.22. The Morgan fingerprint density at radius 2 is 2.17 bits per heavy atom. The maximum atomic E-state index is 11.8. The lowest BCUT2D eigenvalue weighted by molar-refractivity contribution is -0.116. The lowest BCUT2D eigenvalue weighted by atomic mass is 9.87. The van der Waals surface area contributed by atoms with Crippen LogP contribution in [0, 0.1) is 12.3 Å². The third kappa shape index (κ3) is 5.27. The van der Waals surface area contributed by atoms with Crippen LogP contribution < -0.4 is 11.1 Å². The number of amides is 1. The Bertz CT molecular complexity index is 410. The highest BCUT2D eigenvalue weighted by molar-refractivity contribution is 5.91. The molecule has 0 aromatic carbocycles. The van der Waals surface area contributed by atoms with Crippen molar-refractivity contribution in [2.24, 2.45) is 11.1 Å². The minimum absolute atomic E-state index is 0.0529. The van der Waals surface area contributed by atoms with Crippen molar-refractivity contribution in [3.8, 4) is 0 Å². The summed E-state index contributed by atoms with van der Waals surface area (Å²) in [5.41, 5.74) is 7.88. The molecule has 3 N–H and O–H groups in total. The minimum atomic E-state index is -0.109. The number of pyridine rings is 1. The number of nitrogens with zero attached hydrogens (tertiary/aromatic N) is 1. The fourth-order valence-electron chi connectivity index (χ4n) is 1.89. The third-order valence-corrected chi connectivity index (χ3v) is 2.64. The minimum Gasteiger partial charge on any atom is -0.327 e. The van der Waals surface area contributed by atoms with Gasteiger partial charge in [0.25, 0.3) is 0 Å². The molecule has 0 spiro atoms. The molecule has 0 aliphatic heterocycles. The number of aromatic nitrogens is 1. The highest BCUT2D eigenvalue weighted by Crippen LogP contribution is 2.21. The molecule has 1 aromatic rings. The van der Waals surface area contributed by atoms with E-state index in [4.69, 9.17) is 5.73 Å². The van der Waals surface area contributed by atoms with E-state index in [9.17, 15) is 4.79 Å². The summed E-state index contributed by atoms with van der Waals surface area (Å²) in [7, 11) is 0. The standard InChI is InChI=1S/C14H23N3O/c1-10-5-6-16-9-12(10)17-13(18)7-11(15)8-14(2,3)4/h5-6,9,11H,7-8,15H2,1-4H3,(H,17,18). The number of nitrogens with two attached hydrogens (primary N) is 1. The molecule has 1 atom stereocenters. The quantitative estimate of drug-likeness (QED) is 0.861. The van der Waals surface area contributed by atoms with Gasteiger partial charge in [-0.3, -0.25) is 9.78 Å². The maximum Gasteiger partial charge on any atom is 0.225 e. The van der Waals surface area contributed by atoms with Gasteiger partial charge in [0.2, 0.25) is 5.91 Å². The molecule has 0 aliphatic rings. The van der Waals surface area contributed by atoms with Crippen LogP contribution in [0.2, 0.25) is 0 Å².